The smallest absolute Gasteiger partial charge is 0.374 e. The molecule has 0 fully saturated rings. The number of aliphatic carboxylic acids is 1. The number of carbonyl (C=O) groups is 1. The number of carboxylic acid groups (broad SMARTS) is 1. The van der Waals surface area contributed by atoms with Crippen LogP contribution in [0.1, 0.15) is 20.3 Å². The van der Waals surface area contributed by atoms with Gasteiger partial charge >= 0.3 is 11.9 Å². The van der Waals surface area contributed by atoms with Crippen LogP contribution in [-0.4, -0.2) is 29.7 Å². The minimum Gasteiger partial charge on any atom is -0.477 e. The highest BCUT2D eigenvalue weighted by atomic mass is 19.3. The lowest BCUT2D eigenvalue weighted by molar-refractivity contribution is -0.174. The van der Waals surface area contributed by atoms with E-state index in [2.05, 4.69) is 4.74 Å². The molecule has 0 aliphatic rings. The van der Waals surface area contributed by atoms with Gasteiger partial charge in [0.1, 0.15) is 0 Å². The standard InChI is InChI=1S/C7H12F2O3/c1-6(2,12-3)4-7(8,9)5(10)11/h4H2,1-3H3,(H,10,11). The lowest BCUT2D eigenvalue weighted by atomic mass is 10.00. The molecule has 0 heterocycles. The van der Waals surface area contributed by atoms with Crippen molar-refractivity contribution in [3.63, 3.8) is 0 Å². The molecule has 5 heteroatoms. The first-order valence-electron chi connectivity index (χ1n) is 3.38. The van der Waals surface area contributed by atoms with E-state index in [1.54, 1.807) is 0 Å². The van der Waals surface area contributed by atoms with Crippen LogP contribution in [0.5, 0.6) is 0 Å². The number of hydrogen-bond donors (Lipinski definition) is 1. The van der Waals surface area contributed by atoms with E-state index < -0.39 is 23.9 Å². The van der Waals surface area contributed by atoms with Crippen molar-refractivity contribution in [2.75, 3.05) is 7.11 Å². The Morgan fingerprint density at radius 1 is 1.50 bits per heavy atom. The lowest BCUT2D eigenvalue weighted by Gasteiger charge is -2.25. The van der Waals surface area contributed by atoms with Crippen molar-refractivity contribution in [1.29, 1.82) is 0 Å². The van der Waals surface area contributed by atoms with E-state index in [9.17, 15) is 13.6 Å². The zero-order chi connectivity index (χ0) is 9.99. The molecule has 0 aromatic carbocycles. The summed E-state index contributed by atoms with van der Waals surface area (Å²) in [5.41, 5.74) is -1.12. The first kappa shape index (κ1) is 11.3. The molecule has 0 aliphatic heterocycles. The second kappa shape index (κ2) is 3.35. The van der Waals surface area contributed by atoms with E-state index in [1.165, 1.54) is 21.0 Å². The summed E-state index contributed by atoms with van der Waals surface area (Å²) in [6.07, 6.45) is -0.828. The zero-order valence-corrected chi connectivity index (χ0v) is 7.23. The summed E-state index contributed by atoms with van der Waals surface area (Å²) in [6.45, 7) is 2.81. The van der Waals surface area contributed by atoms with Gasteiger partial charge in [0, 0.05) is 7.11 Å². The van der Waals surface area contributed by atoms with Gasteiger partial charge in [-0.15, -0.1) is 0 Å². The van der Waals surface area contributed by atoms with Gasteiger partial charge in [-0.25, -0.2) is 4.79 Å². The highest BCUT2D eigenvalue weighted by Gasteiger charge is 2.44. The maximum Gasteiger partial charge on any atom is 0.374 e. The molecule has 72 valence electrons. The van der Waals surface area contributed by atoms with E-state index in [-0.39, 0.29) is 0 Å². The highest BCUT2D eigenvalue weighted by molar-refractivity contribution is 5.75. The topological polar surface area (TPSA) is 46.5 Å². The van der Waals surface area contributed by atoms with Crippen molar-refractivity contribution in [2.45, 2.75) is 31.8 Å². The number of carboxylic acids is 1. The predicted octanol–water partition coefficient (Wildman–Crippen LogP) is 1.52. The van der Waals surface area contributed by atoms with Crippen LogP contribution in [0, 0.1) is 0 Å². The number of alkyl halides is 2. The number of rotatable bonds is 4. The first-order chi connectivity index (χ1) is 5.21. The average molecular weight is 182 g/mol. The van der Waals surface area contributed by atoms with Crippen molar-refractivity contribution in [3.8, 4) is 0 Å². The maximum absolute atomic E-state index is 12.5. The van der Waals surface area contributed by atoms with Crippen molar-refractivity contribution < 1.29 is 23.4 Å². The van der Waals surface area contributed by atoms with E-state index in [4.69, 9.17) is 5.11 Å². The van der Waals surface area contributed by atoms with E-state index in [1.807, 2.05) is 0 Å². The average Bonchev–Trinajstić information content (AvgIpc) is 1.85. The Hall–Kier alpha value is -0.710. The highest BCUT2D eigenvalue weighted by Crippen LogP contribution is 2.27. The molecule has 1 N–H and O–H groups in total. The molecule has 0 amide bonds. The zero-order valence-electron chi connectivity index (χ0n) is 7.23. The first-order valence-corrected chi connectivity index (χ1v) is 3.38. The molecule has 0 atom stereocenters. The molecule has 3 nitrogen and oxygen atoms in total. The Morgan fingerprint density at radius 3 is 2.17 bits per heavy atom. The van der Waals surface area contributed by atoms with Crippen LogP contribution >= 0.6 is 0 Å². The Balaban J connectivity index is 4.34. The largest absolute Gasteiger partial charge is 0.477 e. The minimum absolute atomic E-state index is 0.828. The molecule has 12 heavy (non-hydrogen) atoms. The van der Waals surface area contributed by atoms with E-state index in [0.717, 1.165) is 0 Å². The molecule has 0 saturated carbocycles. The maximum atomic E-state index is 12.5. The van der Waals surface area contributed by atoms with Gasteiger partial charge in [0.05, 0.1) is 12.0 Å². The molecule has 0 saturated heterocycles. The fraction of sp³-hybridized carbons (Fsp3) is 0.857. The van der Waals surface area contributed by atoms with Crippen LogP contribution in [0.4, 0.5) is 8.78 Å². The molecular formula is C7H12F2O3. The van der Waals surface area contributed by atoms with Gasteiger partial charge in [-0.2, -0.15) is 8.78 Å². The third kappa shape index (κ3) is 3.13. The van der Waals surface area contributed by atoms with Crippen molar-refractivity contribution in [1.82, 2.24) is 0 Å². The summed E-state index contributed by atoms with van der Waals surface area (Å²) in [7, 11) is 1.26. The van der Waals surface area contributed by atoms with Crippen LogP contribution < -0.4 is 0 Å². The van der Waals surface area contributed by atoms with Gasteiger partial charge in [0.15, 0.2) is 0 Å². The van der Waals surface area contributed by atoms with Crippen LogP contribution in [-0.2, 0) is 9.53 Å². The molecule has 0 aromatic heterocycles. The van der Waals surface area contributed by atoms with Crippen molar-refractivity contribution in [2.24, 2.45) is 0 Å². The van der Waals surface area contributed by atoms with Gasteiger partial charge in [-0.05, 0) is 13.8 Å². The Bertz CT molecular complexity index is 177. The number of hydrogen-bond acceptors (Lipinski definition) is 2. The third-order valence-corrected chi connectivity index (χ3v) is 1.51. The molecule has 0 bridgehead atoms. The summed E-state index contributed by atoms with van der Waals surface area (Å²) in [6, 6.07) is 0. The van der Waals surface area contributed by atoms with Gasteiger partial charge in [-0.3, -0.25) is 0 Å². The van der Waals surface area contributed by atoms with Crippen molar-refractivity contribution in [3.05, 3.63) is 0 Å². The summed E-state index contributed by atoms with van der Waals surface area (Å²) >= 11 is 0. The van der Waals surface area contributed by atoms with Gasteiger partial charge < -0.3 is 9.84 Å². The molecule has 0 aromatic rings. The third-order valence-electron chi connectivity index (χ3n) is 1.51. The summed E-state index contributed by atoms with van der Waals surface area (Å²) in [5.74, 6) is -5.84. The normalized spacial score (nSPS) is 13.1. The Kier molecular flexibility index (Phi) is 3.15. The SMILES string of the molecule is COC(C)(C)CC(F)(F)C(=O)O. The molecule has 0 spiro atoms. The quantitative estimate of drug-likeness (QED) is 0.717. The summed E-state index contributed by atoms with van der Waals surface area (Å²) < 4.78 is 29.8. The summed E-state index contributed by atoms with van der Waals surface area (Å²) in [5, 5.41) is 8.09. The van der Waals surface area contributed by atoms with Gasteiger partial charge in [0.2, 0.25) is 0 Å². The monoisotopic (exact) mass is 182 g/mol. The number of methoxy groups -OCH3 is 1. The molecule has 0 aliphatic carbocycles. The molecule has 0 radical (unpaired) electrons. The Morgan fingerprint density at radius 2 is 1.92 bits per heavy atom. The predicted molar refractivity (Wildman–Crippen MR) is 38.3 cm³/mol. The van der Waals surface area contributed by atoms with Crippen LogP contribution in [0.3, 0.4) is 0 Å². The second-order valence-electron chi connectivity index (χ2n) is 3.15. The van der Waals surface area contributed by atoms with Gasteiger partial charge in [0.25, 0.3) is 0 Å². The van der Waals surface area contributed by atoms with Gasteiger partial charge in [-0.1, -0.05) is 0 Å². The van der Waals surface area contributed by atoms with Crippen molar-refractivity contribution >= 4 is 5.97 Å². The summed E-state index contributed by atoms with van der Waals surface area (Å²) in [4.78, 5) is 10.0. The van der Waals surface area contributed by atoms with Crippen LogP contribution in [0.25, 0.3) is 0 Å². The lowest BCUT2D eigenvalue weighted by Crippen LogP contribution is -2.38. The van der Waals surface area contributed by atoms with E-state index in [0.29, 0.717) is 0 Å². The minimum atomic E-state index is -3.72. The van der Waals surface area contributed by atoms with E-state index >= 15 is 0 Å². The van der Waals surface area contributed by atoms with Crippen LogP contribution in [0.15, 0.2) is 0 Å². The number of halogens is 2. The molecular weight excluding hydrogens is 170 g/mol. The molecule has 0 unspecified atom stereocenters. The van der Waals surface area contributed by atoms with Crippen LogP contribution in [0.2, 0.25) is 0 Å². The molecule has 0 rings (SSSR count). The second-order valence-corrected chi connectivity index (χ2v) is 3.15. The number of ether oxygens (including phenoxy) is 1. The fourth-order valence-electron chi connectivity index (χ4n) is 0.682. The Labute approximate surface area is 69.3 Å². The fourth-order valence-corrected chi connectivity index (χ4v) is 0.682.